The van der Waals surface area contributed by atoms with Crippen molar-refractivity contribution in [2.24, 2.45) is 0 Å². The Morgan fingerprint density at radius 2 is 1.71 bits per heavy atom. The second-order valence-corrected chi connectivity index (χ2v) is 5.16. The quantitative estimate of drug-likeness (QED) is 0.900. The van der Waals surface area contributed by atoms with E-state index in [0.29, 0.717) is 5.56 Å². The Kier molecular flexibility index (Phi) is 4.14. The van der Waals surface area contributed by atoms with Gasteiger partial charge in [0.1, 0.15) is 11.5 Å². The first-order chi connectivity index (χ1) is 9.74. The zero-order valence-corrected chi connectivity index (χ0v) is 12.4. The van der Waals surface area contributed by atoms with Crippen LogP contribution in [0.25, 0.3) is 0 Å². The molecule has 1 aromatic heterocycles. The van der Waals surface area contributed by atoms with Crippen molar-refractivity contribution in [3.63, 3.8) is 0 Å². The zero-order valence-electron chi connectivity index (χ0n) is 12.4. The van der Waals surface area contributed by atoms with E-state index in [2.05, 4.69) is 5.32 Å². The highest BCUT2D eigenvalue weighted by Crippen LogP contribution is 2.34. The Morgan fingerprint density at radius 1 is 1.05 bits per heavy atom. The first-order valence-corrected chi connectivity index (χ1v) is 6.66. The third-order valence-electron chi connectivity index (χ3n) is 3.59. The van der Waals surface area contributed by atoms with Crippen LogP contribution in [0.2, 0.25) is 0 Å². The maximum atomic E-state index is 12.7. The first-order valence-electron chi connectivity index (χ1n) is 6.66. The summed E-state index contributed by atoms with van der Waals surface area (Å²) in [5.74, 6) is 1.55. The molecule has 0 aliphatic rings. The van der Waals surface area contributed by atoms with Crippen LogP contribution in [-0.2, 0) is 6.18 Å². The number of halogens is 3. The fourth-order valence-electron chi connectivity index (χ4n) is 2.59. The van der Waals surface area contributed by atoms with Gasteiger partial charge in [-0.3, -0.25) is 0 Å². The number of hydrogen-bond acceptors (Lipinski definition) is 2. The van der Waals surface area contributed by atoms with Crippen LogP contribution in [0, 0.1) is 20.8 Å². The molecule has 0 amide bonds. The van der Waals surface area contributed by atoms with Gasteiger partial charge >= 0.3 is 6.18 Å². The minimum Gasteiger partial charge on any atom is -0.466 e. The number of hydrogen-bond donors (Lipinski definition) is 1. The smallest absolute Gasteiger partial charge is 0.416 e. The van der Waals surface area contributed by atoms with Gasteiger partial charge in [-0.2, -0.15) is 13.2 Å². The van der Waals surface area contributed by atoms with E-state index in [1.807, 2.05) is 19.9 Å². The Labute approximate surface area is 122 Å². The fraction of sp³-hybridized carbons (Fsp3) is 0.375. The van der Waals surface area contributed by atoms with Gasteiger partial charge in [-0.15, -0.1) is 0 Å². The molecule has 1 heterocycles. The summed E-state index contributed by atoms with van der Waals surface area (Å²) in [5.41, 5.74) is 1.73. The van der Waals surface area contributed by atoms with Gasteiger partial charge in [-0.05, 0) is 57.1 Å². The average molecular weight is 297 g/mol. The molecule has 0 saturated heterocycles. The van der Waals surface area contributed by atoms with Gasteiger partial charge in [-0.25, -0.2) is 0 Å². The predicted octanol–water partition coefficient (Wildman–Crippen LogP) is 4.53. The first kappa shape index (κ1) is 15.6. The third-order valence-corrected chi connectivity index (χ3v) is 3.59. The van der Waals surface area contributed by atoms with Crippen LogP contribution in [0.1, 0.15) is 39.8 Å². The Bertz CT molecular complexity index is 643. The zero-order chi connectivity index (χ0) is 15.8. The van der Waals surface area contributed by atoms with Gasteiger partial charge in [0.2, 0.25) is 0 Å². The van der Waals surface area contributed by atoms with Crippen molar-refractivity contribution in [3.05, 3.63) is 58.0 Å². The third kappa shape index (κ3) is 3.13. The summed E-state index contributed by atoms with van der Waals surface area (Å²) < 4.78 is 43.7. The lowest BCUT2D eigenvalue weighted by Gasteiger charge is -2.19. The standard InChI is InChI=1S/C16H18F3NO/c1-9-7-12(16(17,18)19)5-6-13(9)15(20-4)14-8-10(2)21-11(14)3/h5-8,15,20H,1-4H3. The van der Waals surface area contributed by atoms with E-state index in [1.54, 1.807) is 14.0 Å². The number of alkyl halides is 3. The van der Waals surface area contributed by atoms with Crippen molar-refractivity contribution < 1.29 is 17.6 Å². The Hall–Kier alpha value is -1.75. The van der Waals surface area contributed by atoms with Gasteiger partial charge in [0.25, 0.3) is 0 Å². The van der Waals surface area contributed by atoms with E-state index in [-0.39, 0.29) is 6.04 Å². The summed E-state index contributed by atoms with van der Waals surface area (Å²) in [7, 11) is 1.78. The van der Waals surface area contributed by atoms with Gasteiger partial charge in [0.05, 0.1) is 11.6 Å². The number of aryl methyl sites for hydroxylation is 3. The molecule has 2 nitrogen and oxygen atoms in total. The minimum absolute atomic E-state index is 0.190. The molecule has 114 valence electrons. The normalized spacial score (nSPS) is 13.5. The Morgan fingerprint density at radius 3 is 2.14 bits per heavy atom. The molecule has 0 spiro atoms. The SMILES string of the molecule is CNC(c1ccc(C(F)(F)F)cc1C)c1cc(C)oc1C. The maximum Gasteiger partial charge on any atom is 0.416 e. The van der Waals surface area contributed by atoms with Crippen LogP contribution in [0.5, 0.6) is 0 Å². The monoisotopic (exact) mass is 297 g/mol. The molecule has 1 N–H and O–H groups in total. The van der Waals surface area contributed by atoms with Gasteiger partial charge in [0.15, 0.2) is 0 Å². The summed E-state index contributed by atoms with van der Waals surface area (Å²) in [6.07, 6.45) is -4.32. The van der Waals surface area contributed by atoms with Crippen molar-refractivity contribution in [2.45, 2.75) is 33.0 Å². The molecule has 2 rings (SSSR count). The molecule has 2 aromatic rings. The Balaban J connectivity index is 2.46. The molecule has 1 unspecified atom stereocenters. The largest absolute Gasteiger partial charge is 0.466 e. The number of furan rings is 1. The molecule has 1 atom stereocenters. The highest BCUT2D eigenvalue weighted by Gasteiger charge is 2.31. The van der Waals surface area contributed by atoms with Crippen molar-refractivity contribution in [1.29, 1.82) is 0 Å². The van der Waals surface area contributed by atoms with Gasteiger partial charge < -0.3 is 9.73 Å². The van der Waals surface area contributed by atoms with E-state index in [9.17, 15) is 13.2 Å². The molecule has 21 heavy (non-hydrogen) atoms. The van der Waals surface area contributed by atoms with Crippen molar-refractivity contribution in [3.8, 4) is 0 Å². The second kappa shape index (κ2) is 5.56. The van der Waals surface area contributed by atoms with E-state index < -0.39 is 11.7 Å². The number of rotatable bonds is 3. The predicted molar refractivity (Wildman–Crippen MR) is 75.3 cm³/mol. The van der Waals surface area contributed by atoms with Crippen LogP contribution in [0.15, 0.2) is 28.7 Å². The van der Waals surface area contributed by atoms with E-state index in [4.69, 9.17) is 4.42 Å². The number of nitrogens with one attached hydrogen (secondary N) is 1. The van der Waals surface area contributed by atoms with Crippen molar-refractivity contribution in [1.82, 2.24) is 5.32 Å². The lowest BCUT2D eigenvalue weighted by molar-refractivity contribution is -0.137. The van der Waals surface area contributed by atoms with Crippen LogP contribution >= 0.6 is 0 Å². The van der Waals surface area contributed by atoms with Crippen LogP contribution in [-0.4, -0.2) is 7.05 Å². The van der Waals surface area contributed by atoms with Crippen LogP contribution in [0.4, 0.5) is 13.2 Å². The molecule has 0 aliphatic heterocycles. The van der Waals surface area contributed by atoms with E-state index >= 15 is 0 Å². The fourth-order valence-corrected chi connectivity index (χ4v) is 2.59. The lowest BCUT2D eigenvalue weighted by atomic mass is 9.93. The topological polar surface area (TPSA) is 25.2 Å². The van der Waals surface area contributed by atoms with Gasteiger partial charge in [-0.1, -0.05) is 6.07 Å². The van der Waals surface area contributed by atoms with E-state index in [0.717, 1.165) is 28.7 Å². The summed E-state index contributed by atoms with van der Waals surface area (Å²) in [6.45, 7) is 5.39. The molecule has 5 heteroatoms. The molecular formula is C16H18F3NO. The molecule has 0 bridgehead atoms. The molecular weight excluding hydrogens is 279 g/mol. The van der Waals surface area contributed by atoms with Gasteiger partial charge in [0, 0.05) is 5.56 Å². The molecule has 1 aromatic carbocycles. The summed E-state index contributed by atoms with van der Waals surface area (Å²) in [6, 6.07) is 5.55. The summed E-state index contributed by atoms with van der Waals surface area (Å²) in [4.78, 5) is 0. The maximum absolute atomic E-state index is 12.7. The molecule has 0 saturated carbocycles. The molecule has 0 fully saturated rings. The molecule has 0 radical (unpaired) electrons. The average Bonchev–Trinajstić information content (AvgIpc) is 2.70. The highest BCUT2D eigenvalue weighted by molar-refractivity contribution is 5.41. The van der Waals surface area contributed by atoms with E-state index in [1.165, 1.54) is 12.1 Å². The van der Waals surface area contributed by atoms with Crippen molar-refractivity contribution in [2.75, 3.05) is 7.05 Å². The highest BCUT2D eigenvalue weighted by atomic mass is 19.4. The van der Waals surface area contributed by atoms with Crippen LogP contribution < -0.4 is 5.32 Å². The second-order valence-electron chi connectivity index (χ2n) is 5.16. The van der Waals surface area contributed by atoms with Crippen LogP contribution in [0.3, 0.4) is 0 Å². The summed E-state index contributed by atoms with van der Waals surface area (Å²) in [5, 5.41) is 3.15. The van der Waals surface area contributed by atoms with Crippen molar-refractivity contribution >= 4 is 0 Å². The summed E-state index contributed by atoms with van der Waals surface area (Å²) >= 11 is 0. The minimum atomic E-state index is -4.32. The molecule has 0 aliphatic carbocycles. The lowest BCUT2D eigenvalue weighted by Crippen LogP contribution is -2.19. The number of benzene rings is 1.